The van der Waals surface area contributed by atoms with Crippen molar-refractivity contribution in [1.82, 2.24) is 10.6 Å². The normalized spacial score (nSPS) is 27.9. The monoisotopic (exact) mass is 378 g/mol. The molecule has 2 amide bonds. The van der Waals surface area contributed by atoms with Crippen LogP contribution in [0.1, 0.15) is 33.6 Å². The molecule has 1 aliphatic heterocycles. The maximum Gasteiger partial charge on any atom is 0.338 e. The van der Waals surface area contributed by atoms with Gasteiger partial charge in [0.2, 0.25) is 0 Å². The van der Waals surface area contributed by atoms with Gasteiger partial charge in [0.05, 0.1) is 23.9 Å². The first-order valence-corrected chi connectivity index (χ1v) is 8.44. The zero-order valence-electron chi connectivity index (χ0n) is 13.7. The van der Waals surface area contributed by atoms with E-state index in [0.717, 1.165) is 0 Å². The number of hydrogen-bond donors (Lipinski definition) is 2. The Bertz CT molecular complexity index is 605. The van der Waals surface area contributed by atoms with Gasteiger partial charge in [-0.25, -0.2) is 9.59 Å². The lowest BCUT2D eigenvalue weighted by Gasteiger charge is -2.28. The molecule has 134 valence electrons. The zero-order chi connectivity index (χ0) is 18.1. The SMILES string of the molecule is CCOC(=O)C1=C(COC(=O)[C@]2(C)CC2(Cl)Cl)NC(=O)N[C@H]1CC. The zero-order valence-corrected chi connectivity index (χ0v) is 15.2. The summed E-state index contributed by atoms with van der Waals surface area (Å²) in [6, 6.07) is -0.981. The molecule has 9 heteroatoms. The molecule has 1 heterocycles. The number of hydrogen-bond acceptors (Lipinski definition) is 5. The number of urea groups is 1. The number of nitrogens with one attached hydrogen (secondary N) is 2. The molecule has 1 fully saturated rings. The fraction of sp³-hybridized carbons (Fsp3) is 0.667. The molecule has 2 aliphatic rings. The fourth-order valence-corrected chi connectivity index (χ4v) is 3.18. The summed E-state index contributed by atoms with van der Waals surface area (Å²) >= 11 is 11.9. The van der Waals surface area contributed by atoms with Crippen molar-refractivity contribution in [2.24, 2.45) is 5.41 Å². The Balaban J connectivity index is 2.17. The molecule has 0 aromatic rings. The molecule has 0 aromatic carbocycles. The van der Waals surface area contributed by atoms with Crippen LogP contribution < -0.4 is 10.6 Å². The number of carbonyl (C=O) groups excluding carboxylic acids is 3. The average molecular weight is 379 g/mol. The summed E-state index contributed by atoms with van der Waals surface area (Å²) in [6.07, 6.45) is 0.778. The largest absolute Gasteiger partial charge is 0.463 e. The number of carbonyl (C=O) groups is 3. The van der Waals surface area contributed by atoms with Gasteiger partial charge in [-0.3, -0.25) is 4.79 Å². The van der Waals surface area contributed by atoms with Gasteiger partial charge >= 0.3 is 18.0 Å². The van der Waals surface area contributed by atoms with E-state index in [9.17, 15) is 14.4 Å². The average Bonchev–Trinajstić information content (AvgIpc) is 3.03. The topological polar surface area (TPSA) is 93.7 Å². The standard InChI is InChI=1S/C15H20Cl2N2O5/c1-4-8-10(11(20)23-5-2)9(19-13(22)18-8)6-24-12(21)14(3)7-15(14,16)17/h8H,4-7H2,1-3H3,(H2,18,19,22)/t8-,14-/m0/s1. The molecule has 2 N–H and O–H groups in total. The molecule has 0 saturated heterocycles. The highest BCUT2D eigenvalue weighted by molar-refractivity contribution is 6.53. The van der Waals surface area contributed by atoms with E-state index >= 15 is 0 Å². The molecule has 2 atom stereocenters. The summed E-state index contributed by atoms with van der Waals surface area (Å²) in [6.45, 7) is 5.03. The Labute approximate surface area is 150 Å². The molecular formula is C15H20Cl2N2O5. The van der Waals surface area contributed by atoms with Crippen LogP contribution in [0.4, 0.5) is 4.79 Å². The smallest absolute Gasteiger partial charge is 0.338 e. The minimum absolute atomic E-state index is 0.193. The molecule has 24 heavy (non-hydrogen) atoms. The number of rotatable bonds is 6. The Hall–Kier alpha value is -1.47. The lowest BCUT2D eigenvalue weighted by Crippen LogP contribution is -2.51. The molecule has 0 unspecified atom stereocenters. The van der Waals surface area contributed by atoms with Gasteiger partial charge in [-0.05, 0) is 20.3 Å². The maximum absolute atomic E-state index is 12.2. The molecule has 7 nitrogen and oxygen atoms in total. The van der Waals surface area contributed by atoms with Gasteiger partial charge < -0.3 is 20.1 Å². The second-order valence-corrected chi connectivity index (χ2v) is 7.45. The predicted octanol–water partition coefficient (Wildman–Crippen LogP) is 2.02. The van der Waals surface area contributed by atoms with E-state index in [4.69, 9.17) is 32.7 Å². The van der Waals surface area contributed by atoms with Crippen molar-refractivity contribution < 1.29 is 23.9 Å². The van der Waals surface area contributed by atoms with Gasteiger partial charge in [-0.1, -0.05) is 6.92 Å². The van der Waals surface area contributed by atoms with Gasteiger partial charge in [0.15, 0.2) is 0 Å². The van der Waals surface area contributed by atoms with E-state index in [0.29, 0.717) is 6.42 Å². The predicted molar refractivity (Wildman–Crippen MR) is 87.5 cm³/mol. The van der Waals surface area contributed by atoms with Crippen molar-refractivity contribution in [3.8, 4) is 0 Å². The number of ether oxygens (including phenoxy) is 2. The molecular weight excluding hydrogens is 359 g/mol. The quantitative estimate of drug-likeness (QED) is 0.544. The molecule has 1 aliphatic carbocycles. The third-order valence-corrected chi connectivity index (χ3v) is 5.30. The first-order chi connectivity index (χ1) is 11.2. The molecule has 0 aromatic heterocycles. The fourth-order valence-electron chi connectivity index (χ4n) is 2.49. The number of alkyl halides is 2. The maximum atomic E-state index is 12.2. The van der Waals surface area contributed by atoms with Crippen molar-refractivity contribution in [3.63, 3.8) is 0 Å². The number of esters is 2. The van der Waals surface area contributed by atoms with Crippen LogP contribution in [0.25, 0.3) is 0 Å². The van der Waals surface area contributed by atoms with Gasteiger partial charge in [0.1, 0.15) is 16.4 Å². The van der Waals surface area contributed by atoms with E-state index in [1.807, 2.05) is 6.92 Å². The van der Waals surface area contributed by atoms with Crippen LogP contribution in [0, 0.1) is 5.41 Å². The van der Waals surface area contributed by atoms with Crippen LogP contribution >= 0.6 is 23.2 Å². The first kappa shape index (κ1) is 18.9. The van der Waals surface area contributed by atoms with Crippen molar-refractivity contribution >= 4 is 41.2 Å². The lowest BCUT2D eigenvalue weighted by molar-refractivity contribution is -0.149. The second kappa shape index (κ2) is 6.80. The van der Waals surface area contributed by atoms with E-state index in [2.05, 4.69) is 10.6 Å². The summed E-state index contributed by atoms with van der Waals surface area (Å²) < 4.78 is 9.11. The third-order valence-electron chi connectivity index (χ3n) is 4.20. The summed E-state index contributed by atoms with van der Waals surface area (Å²) in [5.41, 5.74) is -0.533. The Morgan fingerprint density at radius 3 is 2.42 bits per heavy atom. The van der Waals surface area contributed by atoms with Gasteiger partial charge in [0, 0.05) is 6.42 Å². The summed E-state index contributed by atoms with van der Waals surface area (Å²) in [5, 5.41) is 5.14. The van der Waals surface area contributed by atoms with Gasteiger partial charge in [0.25, 0.3) is 0 Å². The summed E-state index contributed by atoms with van der Waals surface area (Å²) in [7, 11) is 0. The van der Waals surface area contributed by atoms with Crippen LogP contribution in [0.2, 0.25) is 0 Å². The van der Waals surface area contributed by atoms with Crippen LogP contribution in [0.15, 0.2) is 11.3 Å². The van der Waals surface area contributed by atoms with Crippen LogP contribution in [-0.2, 0) is 19.1 Å². The second-order valence-electron chi connectivity index (χ2n) is 5.96. The first-order valence-electron chi connectivity index (χ1n) is 7.69. The molecule has 0 spiro atoms. The van der Waals surface area contributed by atoms with Crippen molar-refractivity contribution in [1.29, 1.82) is 0 Å². The van der Waals surface area contributed by atoms with Gasteiger partial charge in [-0.15, -0.1) is 23.2 Å². The highest BCUT2D eigenvalue weighted by Gasteiger charge is 2.69. The Morgan fingerprint density at radius 2 is 1.92 bits per heavy atom. The van der Waals surface area contributed by atoms with E-state index < -0.39 is 33.8 Å². The Morgan fingerprint density at radius 1 is 1.29 bits per heavy atom. The van der Waals surface area contributed by atoms with Crippen molar-refractivity contribution in [2.75, 3.05) is 13.2 Å². The molecule has 2 rings (SSSR count). The highest BCUT2D eigenvalue weighted by Crippen LogP contribution is 2.64. The van der Waals surface area contributed by atoms with Crippen LogP contribution in [-0.4, -0.2) is 41.6 Å². The minimum atomic E-state index is -1.15. The molecule has 0 bridgehead atoms. The van der Waals surface area contributed by atoms with E-state index in [1.54, 1.807) is 13.8 Å². The third kappa shape index (κ3) is 3.47. The lowest BCUT2D eigenvalue weighted by atomic mass is 10.0. The molecule has 1 saturated carbocycles. The highest BCUT2D eigenvalue weighted by atomic mass is 35.5. The van der Waals surface area contributed by atoms with E-state index in [-0.39, 0.29) is 30.9 Å². The van der Waals surface area contributed by atoms with Crippen LogP contribution in [0.5, 0.6) is 0 Å². The summed E-state index contributed by atoms with van der Waals surface area (Å²) in [4.78, 5) is 36.1. The van der Waals surface area contributed by atoms with Crippen LogP contribution in [0.3, 0.4) is 0 Å². The number of halogens is 2. The molecule has 0 radical (unpaired) electrons. The van der Waals surface area contributed by atoms with Crippen molar-refractivity contribution in [2.45, 2.75) is 44.0 Å². The van der Waals surface area contributed by atoms with E-state index in [1.165, 1.54) is 0 Å². The minimum Gasteiger partial charge on any atom is -0.463 e. The van der Waals surface area contributed by atoms with Crippen molar-refractivity contribution in [3.05, 3.63) is 11.3 Å². The Kier molecular flexibility index (Phi) is 5.34. The van der Waals surface area contributed by atoms with Gasteiger partial charge in [-0.2, -0.15) is 0 Å². The number of amides is 2. The summed E-state index contributed by atoms with van der Waals surface area (Å²) in [5.74, 6) is -1.14.